The summed E-state index contributed by atoms with van der Waals surface area (Å²) in [6.45, 7) is 4.14. The fourth-order valence-electron chi connectivity index (χ4n) is 1.15. The van der Waals surface area contributed by atoms with E-state index < -0.39 is 0 Å². The lowest BCUT2D eigenvalue weighted by molar-refractivity contribution is 0.0809. The van der Waals surface area contributed by atoms with Crippen LogP contribution >= 0.6 is 31.9 Å². The van der Waals surface area contributed by atoms with Crippen molar-refractivity contribution in [2.24, 2.45) is 0 Å². The largest absolute Gasteiger partial charge is 0.338 e. The molecule has 15 heavy (non-hydrogen) atoms. The molecule has 1 rings (SSSR count). The van der Waals surface area contributed by atoms with Gasteiger partial charge < -0.3 is 4.90 Å². The van der Waals surface area contributed by atoms with Gasteiger partial charge in [0.2, 0.25) is 0 Å². The van der Waals surface area contributed by atoms with Crippen molar-refractivity contribution >= 4 is 37.8 Å². The number of benzene rings is 1. The Labute approximate surface area is 106 Å². The lowest BCUT2D eigenvalue weighted by Gasteiger charge is -2.15. The molecule has 1 amide bonds. The number of hydrogen-bond acceptors (Lipinski definition) is 1. The van der Waals surface area contributed by atoms with Gasteiger partial charge in [0.05, 0.1) is 5.56 Å². The number of hydrogen-bond donors (Lipinski definition) is 0. The first-order valence-electron chi connectivity index (χ1n) is 4.37. The smallest absolute Gasteiger partial charge is 0.255 e. The Bertz CT molecular complexity index is 390. The summed E-state index contributed by atoms with van der Waals surface area (Å²) in [5.41, 5.74) is 0.655. The first-order valence-corrected chi connectivity index (χ1v) is 5.96. The first-order chi connectivity index (χ1) is 7.06. The highest BCUT2D eigenvalue weighted by Gasteiger charge is 2.13. The Morgan fingerprint density at radius 2 is 2.20 bits per heavy atom. The summed E-state index contributed by atoms with van der Waals surface area (Å²) in [5, 5.41) is 0. The van der Waals surface area contributed by atoms with Crippen LogP contribution in [0.3, 0.4) is 0 Å². The van der Waals surface area contributed by atoms with Crippen LogP contribution in [0.2, 0.25) is 0 Å². The Morgan fingerprint density at radius 1 is 1.53 bits per heavy atom. The second kappa shape index (κ2) is 5.47. The average Bonchev–Trinajstić information content (AvgIpc) is 2.17. The van der Waals surface area contributed by atoms with Crippen molar-refractivity contribution in [2.45, 2.75) is 0 Å². The van der Waals surface area contributed by atoms with Crippen molar-refractivity contribution < 1.29 is 4.79 Å². The molecule has 0 aliphatic carbocycles. The molecule has 0 aliphatic rings. The molecule has 0 aromatic heterocycles. The lowest BCUT2D eigenvalue weighted by Crippen LogP contribution is -2.26. The van der Waals surface area contributed by atoms with Crippen LogP contribution in [0, 0.1) is 0 Å². The highest BCUT2D eigenvalue weighted by atomic mass is 79.9. The molecule has 1 aromatic rings. The van der Waals surface area contributed by atoms with Gasteiger partial charge in [-0.1, -0.05) is 22.0 Å². The fourth-order valence-corrected chi connectivity index (χ4v) is 2.36. The molecule has 0 aliphatic heterocycles. The van der Waals surface area contributed by atoms with Gasteiger partial charge in [-0.3, -0.25) is 4.79 Å². The van der Waals surface area contributed by atoms with Gasteiger partial charge in [-0.2, -0.15) is 0 Å². The van der Waals surface area contributed by atoms with Gasteiger partial charge in [0.15, 0.2) is 0 Å². The molecule has 4 heteroatoms. The number of carbonyl (C=O) groups is 1. The Hall–Kier alpha value is -0.610. The number of carbonyl (C=O) groups excluding carboxylic acids is 1. The second-order valence-corrected chi connectivity index (χ2v) is 4.87. The van der Waals surface area contributed by atoms with Crippen LogP contribution in [-0.4, -0.2) is 24.4 Å². The summed E-state index contributed by atoms with van der Waals surface area (Å²) in [6, 6.07) is 5.49. The van der Waals surface area contributed by atoms with E-state index in [4.69, 9.17) is 0 Å². The normalized spacial score (nSPS) is 9.80. The molecule has 0 fully saturated rings. The maximum atomic E-state index is 11.9. The quantitative estimate of drug-likeness (QED) is 0.776. The van der Waals surface area contributed by atoms with Gasteiger partial charge in [0, 0.05) is 22.5 Å². The van der Waals surface area contributed by atoms with Crippen LogP contribution in [0.5, 0.6) is 0 Å². The minimum absolute atomic E-state index is 0.0192. The van der Waals surface area contributed by atoms with E-state index in [-0.39, 0.29) is 5.91 Å². The number of rotatable bonds is 3. The topological polar surface area (TPSA) is 20.3 Å². The molecule has 0 spiro atoms. The molecule has 0 unspecified atom stereocenters. The molecular weight excluding hydrogens is 322 g/mol. The molecule has 2 nitrogen and oxygen atoms in total. The van der Waals surface area contributed by atoms with E-state index in [1.807, 2.05) is 12.1 Å². The van der Waals surface area contributed by atoms with Crippen LogP contribution < -0.4 is 0 Å². The summed E-state index contributed by atoms with van der Waals surface area (Å²) in [6.07, 6.45) is 1.70. The molecule has 0 heterocycles. The number of halogens is 2. The Kier molecular flexibility index (Phi) is 4.54. The Balaban J connectivity index is 2.96. The van der Waals surface area contributed by atoms with Crippen molar-refractivity contribution in [1.82, 2.24) is 4.90 Å². The molecule has 0 N–H and O–H groups in total. The molecule has 0 saturated carbocycles. The molecule has 80 valence electrons. The number of nitrogens with zero attached hydrogens (tertiary/aromatic N) is 1. The third kappa shape index (κ3) is 3.18. The number of amides is 1. The highest BCUT2D eigenvalue weighted by molar-refractivity contribution is 9.11. The summed E-state index contributed by atoms with van der Waals surface area (Å²) >= 11 is 6.71. The predicted octanol–water partition coefficient (Wildman–Crippen LogP) is 3.47. The summed E-state index contributed by atoms with van der Waals surface area (Å²) < 4.78 is 1.73. The van der Waals surface area contributed by atoms with Crippen LogP contribution in [-0.2, 0) is 0 Å². The van der Waals surface area contributed by atoms with E-state index in [9.17, 15) is 4.79 Å². The van der Waals surface area contributed by atoms with Crippen molar-refractivity contribution in [2.75, 3.05) is 13.6 Å². The minimum Gasteiger partial charge on any atom is -0.338 e. The van der Waals surface area contributed by atoms with Crippen LogP contribution in [0.25, 0.3) is 0 Å². The van der Waals surface area contributed by atoms with Gasteiger partial charge >= 0.3 is 0 Å². The van der Waals surface area contributed by atoms with Gasteiger partial charge in [0.1, 0.15) is 0 Å². The van der Waals surface area contributed by atoms with Gasteiger partial charge in [-0.25, -0.2) is 0 Å². The highest BCUT2D eigenvalue weighted by Crippen LogP contribution is 2.22. The minimum atomic E-state index is -0.0192. The van der Waals surface area contributed by atoms with E-state index in [1.165, 1.54) is 0 Å². The van der Waals surface area contributed by atoms with Crippen molar-refractivity contribution in [3.63, 3.8) is 0 Å². The van der Waals surface area contributed by atoms with Gasteiger partial charge in [-0.15, -0.1) is 6.58 Å². The average molecular weight is 333 g/mol. The van der Waals surface area contributed by atoms with Crippen molar-refractivity contribution in [3.05, 3.63) is 45.4 Å². The summed E-state index contributed by atoms with van der Waals surface area (Å²) in [7, 11) is 1.75. The van der Waals surface area contributed by atoms with E-state index in [0.29, 0.717) is 12.1 Å². The van der Waals surface area contributed by atoms with Crippen molar-refractivity contribution in [3.8, 4) is 0 Å². The maximum Gasteiger partial charge on any atom is 0.255 e. The zero-order valence-corrected chi connectivity index (χ0v) is 11.5. The van der Waals surface area contributed by atoms with Gasteiger partial charge in [-0.05, 0) is 34.1 Å². The zero-order valence-electron chi connectivity index (χ0n) is 8.34. The molecule has 0 saturated heterocycles. The number of likely N-dealkylation sites (N-methyl/N-ethyl adjacent to an activating group) is 1. The molecular formula is C11H11Br2NO. The van der Waals surface area contributed by atoms with Gasteiger partial charge in [0.25, 0.3) is 5.91 Å². The lowest BCUT2D eigenvalue weighted by atomic mass is 10.2. The first kappa shape index (κ1) is 12.5. The molecule has 1 aromatic carbocycles. The van der Waals surface area contributed by atoms with Crippen LogP contribution in [0.4, 0.5) is 0 Å². The monoisotopic (exact) mass is 331 g/mol. The van der Waals surface area contributed by atoms with E-state index in [1.54, 1.807) is 24.1 Å². The van der Waals surface area contributed by atoms with E-state index in [0.717, 1.165) is 8.95 Å². The summed E-state index contributed by atoms with van der Waals surface area (Å²) in [4.78, 5) is 13.5. The van der Waals surface area contributed by atoms with E-state index >= 15 is 0 Å². The van der Waals surface area contributed by atoms with E-state index in [2.05, 4.69) is 38.4 Å². The Morgan fingerprint density at radius 3 is 2.73 bits per heavy atom. The third-order valence-corrected chi connectivity index (χ3v) is 3.06. The third-order valence-electron chi connectivity index (χ3n) is 1.91. The van der Waals surface area contributed by atoms with Crippen molar-refractivity contribution in [1.29, 1.82) is 0 Å². The summed E-state index contributed by atoms with van der Waals surface area (Å²) in [5.74, 6) is -0.0192. The fraction of sp³-hybridized carbons (Fsp3) is 0.182. The van der Waals surface area contributed by atoms with Crippen LogP contribution in [0.1, 0.15) is 10.4 Å². The standard InChI is InChI=1S/C11H11Br2NO/c1-3-6-14(2)11(15)9-5-4-8(12)7-10(9)13/h3-5,7H,1,6H2,2H3. The molecule has 0 atom stereocenters. The molecule has 0 bridgehead atoms. The second-order valence-electron chi connectivity index (χ2n) is 3.10. The predicted molar refractivity (Wildman–Crippen MR) is 69.0 cm³/mol. The molecule has 0 radical (unpaired) electrons. The maximum absolute atomic E-state index is 11.9. The zero-order chi connectivity index (χ0) is 11.4. The SMILES string of the molecule is C=CCN(C)C(=O)c1ccc(Br)cc1Br. The van der Waals surface area contributed by atoms with Crippen LogP contribution in [0.15, 0.2) is 39.8 Å².